The molecule has 0 aliphatic carbocycles. The first-order valence-electron chi connectivity index (χ1n) is 9.11. The molecule has 2 rings (SSSR count). The van der Waals surface area contributed by atoms with Gasteiger partial charge in [-0.3, -0.25) is 4.79 Å². The van der Waals surface area contributed by atoms with Gasteiger partial charge >= 0.3 is 0 Å². The molecule has 0 aromatic carbocycles. The normalized spacial score (nSPS) is 15.8. The summed E-state index contributed by atoms with van der Waals surface area (Å²) in [6.45, 7) is 3.69. The number of likely N-dealkylation sites (tertiary alicyclic amines) is 1. The monoisotopic (exact) mass is 385 g/mol. The molecule has 146 valence electrons. The van der Waals surface area contributed by atoms with Gasteiger partial charge < -0.3 is 24.7 Å². The largest absolute Gasteiger partial charge is 0.478 e. The zero-order valence-electron chi connectivity index (χ0n) is 15.0. The fourth-order valence-corrected chi connectivity index (χ4v) is 3.26. The fourth-order valence-electron chi connectivity index (χ4n) is 3.15. The van der Waals surface area contributed by atoms with Crippen molar-refractivity contribution in [1.82, 2.24) is 14.8 Å². The Labute approximate surface area is 159 Å². The number of aliphatic hydroxyl groups excluding tert-OH is 2. The number of nitrogens with zero attached hydrogens (tertiary/aromatic N) is 3. The number of hydrogen-bond acceptors (Lipinski definition) is 6. The smallest absolute Gasteiger partial charge is 0.225 e. The maximum absolute atomic E-state index is 12.5. The molecule has 0 radical (unpaired) electrons. The van der Waals surface area contributed by atoms with Crippen LogP contribution in [0.4, 0.5) is 0 Å². The second-order valence-corrected chi connectivity index (χ2v) is 6.84. The molecule has 1 saturated heterocycles. The van der Waals surface area contributed by atoms with Gasteiger partial charge in [-0.2, -0.15) is 0 Å². The zero-order chi connectivity index (χ0) is 18.8. The van der Waals surface area contributed by atoms with Crippen molar-refractivity contribution in [3.05, 3.63) is 23.4 Å². The minimum atomic E-state index is -0.0763. The molecular formula is C18H28ClN3O4. The minimum Gasteiger partial charge on any atom is -0.478 e. The highest BCUT2D eigenvalue weighted by Crippen LogP contribution is 2.20. The summed E-state index contributed by atoms with van der Waals surface area (Å²) in [5, 5.41) is 18.7. The third-order valence-electron chi connectivity index (χ3n) is 4.56. The summed E-state index contributed by atoms with van der Waals surface area (Å²) in [6, 6.07) is 3.51. The van der Waals surface area contributed by atoms with Gasteiger partial charge in [0.2, 0.25) is 11.8 Å². The van der Waals surface area contributed by atoms with Crippen molar-refractivity contribution >= 4 is 17.5 Å². The highest BCUT2D eigenvalue weighted by atomic mass is 35.5. The Morgan fingerprint density at radius 3 is 2.54 bits per heavy atom. The molecule has 1 amide bonds. The van der Waals surface area contributed by atoms with Gasteiger partial charge in [0.15, 0.2) is 0 Å². The molecule has 0 atom stereocenters. The summed E-state index contributed by atoms with van der Waals surface area (Å²) in [7, 11) is 0. The number of piperidine rings is 1. The Morgan fingerprint density at radius 2 is 1.96 bits per heavy atom. The molecule has 1 aromatic heterocycles. The van der Waals surface area contributed by atoms with Gasteiger partial charge in [-0.1, -0.05) is 11.6 Å². The molecule has 1 fully saturated rings. The topological polar surface area (TPSA) is 86.1 Å². The lowest BCUT2D eigenvalue weighted by Crippen LogP contribution is -2.44. The predicted octanol–water partition coefficient (Wildman–Crippen LogP) is 1.03. The van der Waals surface area contributed by atoms with Crippen LogP contribution >= 0.6 is 11.6 Å². The van der Waals surface area contributed by atoms with E-state index in [-0.39, 0.29) is 38.1 Å². The van der Waals surface area contributed by atoms with E-state index in [2.05, 4.69) is 9.88 Å². The molecule has 2 N–H and O–H groups in total. The van der Waals surface area contributed by atoms with Gasteiger partial charge in [-0.05, 0) is 38.4 Å². The summed E-state index contributed by atoms with van der Waals surface area (Å²) in [5.74, 6) is 0.607. The van der Waals surface area contributed by atoms with Crippen molar-refractivity contribution < 1.29 is 19.7 Å². The summed E-state index contributed by atoms with van der Waals surface area (Å²) in [4.78, 5) is 20.5. The molecule has 0 bridgehead atoms. The number of amides is 1. The van der Waals surface area contributed by atoms with Crippen LogP contribution in [0.3, 0.4) is 0 Å². The van der Waals surface area contributed by atoms with Crippen LogP contribution < -0.4 is 4.74 Å². The molecule has 1 aromatic rings. The zero-order valence-corrected chi connectivity index (χ0v) is 15.8. The molecular weight excluding hydrogens is 358 g/mol. The Kier molecular flexibility index (Phi) is 9.11. The first-order chi connectivity index (χ1) is 12.6. The van der Waals surface area contributed by atoms with E-state index in [1.165, 1.54) is 0 Å². The summed E-state index contributed by atoms with van der Waals surface area (Å²) in [6.07, 6.45) is 4.08. The van der Waals surface area contributed by atoms with E-state index in [0.717, 1.165) is 38.9 Å². The Balaban J connectivity index is 1.64. The second-order valence-electron chi connectivity index (χ2n) is 6.41. The van der Waals surface area contributed by atoms with Crippen LogP contribution in [-0.2, 0) is 4.79 Å². The highest BCUT2D eigenvalue weighted by molar-refractivity contribution is 6.30. The number of pyridine rings is 1. The number of halogens is 1. The Morgan fingerprint density at radius 1 is 1.27 bits per heavy atom. The van der Waals surface area contributed by atoms with Crippen LogP contribution in [0.25, 0.3) is 0 Å². The molecule has 0 unspecified atom stereocenters. The van der Waals surface area contributed by atoms with Crippen LogP contribution in [0.1, 0.15) is 19.3 Å². The van der Waals surface area contributed by atoms with Gasteiger partial charge in [0.05, 0.1) is 24.8 Å². The van der Waals surface area contributed by atoms with E-state index < -0.39 is 0 Å². The minimum absolute atomic E-state index is 0.0149. The van der Waals surface area contributed by atoms with Crippen molar-refractivity contribution in [2.45, 2.75) is 19.3 Å². The predicted molar refractivity (Wildman–Crippen MR) is 99.3 cm³/mol. The molecule has 2 heterocycles. The molecule has 0 saturated carbocycles. The number of ether oxygens (including phenoxy) is 1. The highest BCUT2D eigenvalue weighted by Gasteiger charge is 2.28. The number of carbonyl (C=O) groups excluding carboxylic acids is 1. The SMILES string of the molecule is O=C(C1CCN(CCCOc2ccc(Cl)cn2)CC1)N(CCO)CCO. The number of hydrogen-bond donors (Lipinski definition) is 2. The standard InChI is InChI=1S/C18H28ClN3O4/c19-16-2-3-17(20-14-16)26-13-1-6-21-7-4-15(5-8-21)18(25)22(9-11-23)10-12-24/h2-3,14-15,23-24H,1,4-13H2. The van der Waals surface area contributed by atoms with E-state index in [1.54, 1.807) is 23.2 Å². The van der Waals surface area contributed by atoms with Crippen molar-refractivity contribution in [2.24, 2.45) is 5.92 Å². The Bertz CT molecular complexity index is 530. The first kappa shape index (κ1) is 20.9. The number of aliphatic hydroxyl groups is 2. The van der Waals surface area contributed by atoms with E-state index in [4.69, 9.17) is 26.6 Å². The number of aromatic nitrogens is 1. The first-order valence-corrected chi connectivity index (χ1v) is 9.49. The number of carbonyl (C=O) groups is 1. The van der Waals surface area contributed by atoms with E-state index in [0.29, 0.717) is 17.5 Å². The Hall–Kier alpha value is -1.41. The van der Waals surface area contributed by atoms with Crippen LogP contribution in [0.15, 0.2) is 18.3 Å². The van der Waals surface area contributed by atoms with Gasteiger partial charge in [0.25, 0.3) is 0 Å². The third-order valence-corrected chi connectivity index (χ3v) is 4.78. The second kappa shape index (κ2) is 11.3. The average Bonchev–Trinajstić information content (AvgIpc) is 2.66. The van der Waals surface area contributed by atoms with E-state index in [9.17, 15) is 4.79 Å². The average molecular weight is 386 g/mol. The molecule has 8 heteroatoms. The van der Waals surface area contributed by atoms with Gasteiger partial charge in [0, 0.05) is 37.8 Å². The lowest BCUT2D eigenvalue weighted by Gasteiger charge is -2.34. The molecule has 7 nitrogen and oxygen atoms in total. The summed E-state index contributed by atoms with van der Waals surface area (Å²) >= 11 is 5.79. The molecule has 1 aliphatic heterocycles. The van der Waals surface area contributed by atoms with Gasteiger partial charge in [-0.15, -0.1) is 0 Å². The van der Waals surface area contributed by atoms with Crippen LogP contribution in [0, 0.1) is 5.92 Å². The summed E-state index contributed by atoms with van der Waals surface area (Å²) in [5.41, 5.74) is 0. The maximum atomic E-state index is 12.5. The maximum Gasteiger partial charge on any atom is 0.225 e. The van der Waals surface area contributed by atoms with Crippen LogP contribution in [0.5, 0.6) is 5.88 Å². The van der Waals surface area contributed by atoms with Crippen LogP contribution in [0.2, 0.25) is 5.02 Å². The lowest BCUT2D eigenvalue weighted by molar-refractivity contribution is -0.138. The molecule has 1 aliphatic rings. The lowest BCUT2D eigenvalue weighted by atomic mass is 9.95. The van der Waals surface area contributed by atoms with Gasteiger partial charge in [0.1, 0.15) is 0 Å². The van der Waals surface area contributed by atoms with Crippen molar-refractivity contribution in [2.75, 3.05) is 52.5 Å². The summed E-state index contributed by atoms with van der Waals surface area (Å²) < 4.78 is 5.59. The van der Waals surface area contributed by atoms with Crippen LogP contribution in [-0.4, -0.2) is 83.4 Å². The third kappa shape index (κ3) is 6.72. The number of rotatable bonds is 10. The quantitative estimate of drug-likeness (QED) is 0.585. The van der Waals surface area contributed by atoms with Gasteiger partial charge in [-0.25, -0.2) is 4.98 Å². The van der Waals surface area contributed by atoms with Crippen molar-refractivity contribution in [1.29, 1.82) is 0 Å². The fraction of sp³-hybridized carbons (Fsp3) is 0.667. The molecule has 26 heavy (non-hydrogen) atoms. The van der Waals surface area contributed by atoms with E-state index in [1.807, 2.05) is 0 Å². The molecule has 0 spiro atoms. The van der Waals surface area contributed by atoms with Crippen molar-refractivity contribution in [3.8, 4) is 5.88 Å². The van der Waals surface area contributed by atoms with E-state index >= 15 is 0 Å². The van der Waals surface area contributed by atoms with Crippen molar-refractivity contribution in [3.63, 3.8) is 0 Å².